The van der Waals surface area contributed by atoms with Gasteiger partial charge in [0.05, 0.1) is 22.9 Å². The lowest BCUT2D eigenvalue weighted by molar-refractivity contribution is -0.143. The van der Waals surface area contributed by atoms with Gasteiger partial charge in [0.25, 0.3) is 0 Å². The van der Waals surface area contributed by atoms with Crippen molar-refractivity contribution in [2.24, 2.45) is 5.41 Å². The Morgan fingerprint density at radius 3 is 2.52 bits per heavy atom. The molecule has 0 aliphatic carbocycles. The molecule has 1 aliphatic rings. The molecule has 12 heteroatoms. The number of aromatic nitrogens is 1. The van der Waals surface area contributed by atoms with E-state index in [1.165, 1.54) is 13.3 Å². The number of hydrogen-bond acceptors (Lipinski definition) is 6. The highest BCUT2D eigenvalue weighted by atomic mass is 32.2. The van der Waals surface area contributed by atoms with Gasteiger partial charge in [0, 0.05) is 47.1 Å². The molecule has 1 atom stereocenters. The van der Waals surface area contributed by atoms with Gasteiger partial charge in [-0.05, 0) is 57.0 Å². The number of ether oxygens (including phenoxy) is 1. The van der Waals surface area contributed by atoms with Gasteiger partial charge in [0.15, 0.2) is 0 Å². The maximum Gasteiger partial charge on any atom is 0.249 e. The minimum absolute atomic E-state index is 0.0876. The molecule has 0 radical (unpaired) electrons. The van der Waals surface area contributed by atoms with Crippen LogP contribution in [0.25, 0.3) is 10.9 Å². The number of fused-ring (bicyclic) bond motifs is 1. The van der Waals surface area contributed by atoms with Gasteiger partial charge in [-0.1, -0.05) is 0 Å². The van der Waals surface area contributed by atoms with Crippen LogP contribution in [0, 0.1) is 22.9 Å². The summed E-state index contributed by atoms with van der Waals surface area (Å²) < 4.78 is 75.8. The molecule has 0 bridgehead atoms. The zero-order chi connectivity index (χ0) is 28.9. The maximum atomic E-state index is 15.8. The summed E-state index contributed by atoms with van der Waals surface area (Å²) in [6.07, 6.45) is 0.368. The number of likely N-dealkylation sites (tertiary alicyclic amines) is 1. The van der Waals surface area contributed by atoms with E-state index in [-0.39, 0.29) is 28.9 Å². The van der Waals surface area contributed by atoms with Gasteiger partial charge < -0.3 is 9.64 Å². The summed E-state index contributed by atoms with van der Waals surface area (Å²) in [6, 6.07) is 6.23. The van der Waals surface area contributed by atoms with Gasteiger partial charge >= 0.3 is 0 Å². The Balaban J connectivity index is 1.42. The van der Waals surface area contributed by atoms with Crippen molar-refractivity contribution in [1.29, 1.82) is 0 Å². The van der Waals surface area contributed by atoms with Gasteiger partial charge in [-0.3, -0.25) is 15.0 Å². The summed E-state index contributed by atoms with van der Waals surface area (Å²) in [5.74, 6) is -2.71. The summed E-state index contributed by atoms with van der Waals surface area (Å²) in [5, 5.41) is 9.88. The number of nitrogens with one attached hydrogen (secondary N) is 1. The van der Waals surface area contributed by atoms with Crippen molar-refractivity contribution >= 4 is 28.6 Å². The number of hydrogen-bond donors (Lipinski definition) is 2. The number of halogens is 5. The second-order valence-electron chi connectivity index (χ2n) is 9.83. The zero-order valence-electron chi connectivity index (χ0n) is 21.9. The van der Waals surface area contributed by atoms with E-state index in [0.29, 0.717) is 67.0 Å². The number of amides is 1. The van der Waals surface area contributed by atoms with Crippen LogP contribution in [0.1, 0.15) is 43.0 Å². The quantitative estimate of drug-likeness (QED) is 0.119. The normalized spacial score (nSPS) is 16.2. The standard InChI is InChI=1S/C28H30F5N3O3S/c1-39-19-2-3-24-20(14-19)25(17(15-29)16-34-24)21(31)4-5-28(27(37)35-38)6-8-36(9-7-28)10-11-40-26-22(32)12-18(30)13-23(26)33/h2-3,12-14,16,21,38H,4-11,15H2,1H3,(H,35,37)/t21-/m1/s1. The zero-order valence-corrected chi connectivity index (χ0v) is 22.7. The smallest absolute Gasteiger partial charge is 0.249 e. The Morgan fingerprint density at radius 1 is 1.20 bits per heavy atom. The van der Waals surface area contributed by atoms with E-state index in [9.17, 15) is 27.6 Å². The molecular formula is C28H30F5N3O3S. The topological polar surface area (TPSA) is 74.7 Å². The Hall–Kier alpha value is -2.96. The number of rotatable bonds is 11. The first-order chi connectivity index (χ1) is 19.2. The molecule has 1 saturated heterocycles. The summed E-state index contributed by atoms with van der Waals surface area (Å²) in [7, 11) is 1.47. The summed E-state index contributed by atoms with van der Waals surface area (Å²) in [5.41, 5.74) is 1.45. The number of methoxy groups -OCH3 is 1. The number of carbonyl (C=O) groups is 1. The maximum absolute atomic E-state index is 15.8. The van der Waals surface area contributed by atoms with Gasteiger partial charge in [-0.15, -0.1) is 11.8 Å². The van der Waals surface area contributed by atoms with E-state index in [1.54, 1.807) is 23.7 Å². The number of hydroxylamine groups is 1. The Labute approximate surface area is 232 Å². The summed E-state index contributed by atoms with van der Waals surface area (Å²) >= 11 is 0.934. The van der Waals surface area contributed by atoms with Crippen LogP contribution >= 0.6 is 11.8 Å². The molecule has 1 fully saturated rings. The minimum atomic E-state index is -1.60. The van der Waals surface area contributed by atoms with Crippen LogP contribution in [-0.2, 0) is 11.5 Å². The third-order valence-corrected chi connectivity index (χ3v) is 8.61. The predicted molar refractivity (Wildman–Crippen MR) is 141 cm³/mol. The number of carbonyl (C=O) groups excluding carboxylic acids is 1. The lowest BCUT2D eigenvalue weighted by atomic mass is 9.73. The van der Waals surface area contributed by atoms with Crippen LogP contribution in [0.5, 0.6) is 5.75 Å². The molecule has 1 aromatic heterocycles. The fraction of sp³-hybridized carbons (Fsp3) is 0.429. The summed E-state index contributed by atoms with van der Waals surface area (Å²) in [6.45, 7) is 0.417. The van der Waals surface area contributed by atoms with Crippen LogP contribution in [-0.4, -0.2) is 53.5 Å². The van der Waals surface area contributed by atoms with Crippen molar-refractivity contribution in [3.8, 4) is 5.75 Å². The van der Waals surface area contributed by atoms with Crippen molar-refractivity contribution in [3.05, 3.63) is 65.1 Å². The van der Waals surface area contributed by atoms with Gasteiger partial charge in [-0.25, -0.2) is 27.4 Å². The molecule has 0 unspecified atom stereocenters. The van der Waals surface area contributed by atoms with E-state index in [4.69, 9.17) is 4.74 Å². The average molecular weight is 584 g/mol. The van der Waals surface area contributed by atoms with Crippen molar-refractivity contribution in [2.75, 3.05) is 32.5 Å². The van der Waals surface area contributed by atoms with Crippen LogP contribution < -0.4 is 10.2 Å². The number of thioether (sulfide) groups is 1. The monoisotopic (exact) mass is 583 g/mol. The van der Waals surface area contributed by atoms with Gasteiger partial charge in [0.1, 0.15) is 36.0 Å². The molecule has 2 heterocycles. The van der Waals surface area contributed by atoms with Gasteiger partial charge in [0.2, 0.25) is 5.91 Å². The number of alkyl halides is 2. The van der Waals surface area contributed by atoms with Crippen LogP contribution in [0.2, 0.25) is 0 Å². The fourth-order valence-electron chi connectivity index (χ4n) is 5.24. The SMILES string of the molecule is COc1ccc2ncc(CF)c([C@H](F)CCC3(C(=O)NO)CCN(CCSc4c(F)cc(F)cc4F)CC3)c2c1. The van der Waals surface area contributed by atoms with Crippen LogP contribution in [0.15, 0.2) is 41.4 Å². The molecule has 2 aromatic carbocycles. The third kappa shape index (κ3) is 6.50. The van der Waals surface area contributed by atoms with E-state index >= 15 is 4.39 Å². The Morgan fingerprint density at radius 2 is 1.90 bits per heavy atom. The molecular weight excluding hydrogens is 553 g/mol. The number of piperidine rings is 1. The van der Waals surface area contributed by atoms with Crippen molar-refractivity contribution in [2.45, 2.75) is 43.4 Å². The minimum Gasteiger partial charge on any atom is -0.497 e. The molecule has 1 amide bonds. The Bertz CT molecular complexity index is 1330. The van der Waals surface area contributed by atoms with E-state index in [0.717, 1.165) is 11.8 Å². The lowest BCUT2D eigenvalue weighted by Crippen LogP contribution is -2.48. The average Bonchev–Trinajstić information content (AvgIpc) is 2.96. The molecule has 2 N–H and O–H groups in total. The van der Waals surface area contributed by atoms with Crippen LogP contribution in [0.4, 0.5) is 22.0 Å². The number of nitrogens with zero attached hydrogens (tertiary/aromatic N) is 2. The molecule has 40 heavy (non-hydrogen) atoms. The predicted octanol–water partition coefficient (Wildman–Crippen LogP) is 6.30. The third-order valence-electron chi connectivity index (χ3n) is 7.55. The number of pyridine rings is 1. The van der Waals surface area contributed by atoms with Crippen molar-refractivity contribution < 1.29 is 36.7 Å². The largest absolute Gasteiger partial charge is 0.497 e. The molecule has 0 spiro atoms. The van der Waals surface area contributed by atoms with E-state index in [2.05, 4.69) is 4.98 Å². The summed E-state index contributed by atoms with van der Waals surface area (Å²) in [4.78, 5) is 18.7. The molecule has 3 aromatic rings. The van der Waals surface area contributed by atoms with Crippen molar-refractivity contribution in [1.82, 2.24) is 15.4 Å². The first kappa shape index (κ1) is 30.0. The van der Waals surface area contributed by atoms with Gasteiger partial charge in [-0.2, -0.15) is 0 Å². The second kappa shape index (κ2) is 13.1. The molecule has 216 valence electrons. The van der Waals surface area contributed by atoms with Crippen LogP contribution in [0.3, 0.4) is 0 Å². The Kier molecular flexibility index (Phi) is 9.85. The highest BCUT2D eigenvalue weighted by Crippen LogP contribution is 2.42. The first-order valence-electron chi connectivity index (χ1n) is 12.8. The number of benzene rings is 2. The first-order valence-corrected chi connectivity index (χ1v) is 13.8. The van der Waals surface area contributed by atoms with E-state index < -0.39 is 41.6 Å². The van der Waals surface area contributed by atoms with E-state index in [1.807, 2.05) is 4.90 Å². The lowest BCUT2D eigenvalue weighted by Gasteiger charge is -2.40. The molecule has 1 aliphatic heterocycles. The molecule has 0 saturated carbocycles. The fourth-order valence-corrected chi connectivity index (χ4v) is 6.19. The second-order valence-corrected chi connectivity index (χ2v) is 10.9. The molecule has 6 nitrogen and oxygen atoms in total. The molecule has 4 rings (SSSR count). The highest BCUT2D eigenvalue weighted by molar-refractivity contribution is 7.99. The highest BCUT2D eigenvalue weighted by Gasteiger charge is 2.41. The van der Waals surface area contributed by atoms with Crippen molar-refractivity contribution in [3.63, 3.8) is 0 Å².